The second-order valence-corrected chi connectivity index (χ2v) is 5.13. The minimum Gasteiger partial charge on any atom is -0.385 e. The molecule has 1 fully saturated rings. The monoisotopic (exact) mass is 397 g/mol. The first-order chi connectivity index (χ1) is 11.0. The Morgan fingerprint density at radius 3 is 1.48 bits per heavy atom. The number of rotatable bonds is 5. The molecule has 0 bridgehead atoms. The van der Waals surface area contributed by atoms with E-state index in [9.17, 15) is 53.1 Å². The number of carbonyl (C=O) groups is 1. The van der Waals surface area contributed by atoms with E-state index in [1.807, 2.05) is 0 Å². The summed E-state index contributed by atoms with van der Waals surface area (Å²) in [5.74, 6) is -39.5. The lowest BCUT2D eigenvalue weighted by Crippen LogP contribution is -2.86. The van der Waals surface area contributed by atoms with Gasteiger partial charge >= 0.3 is 35.3 Å². The highest BCUT2D eigenvalue weighted by Crippen LogP contribution is 2.69. The topological polar surface area (TPSA) is 38.3 Å². The molecule has 0 saturated heterocycles. The highest BCUT2D eigenvalue weighted by Gasteiger charge is 3.02. The van der Waals surface area contributed by atoms with Crippen molar-refractivity contribution in [3.63, 3.8) is 0 Å². The van der Waals surface area contributed by atoms with Crippen LogP contribution in [0.3, 0.4) is 0 Å². The van der Waals surface area contributed by atoms with Gasteiger partial charge in [-0.25, -0.2) is 4.39 Å². The van der Waals surface area contributed by atoms with E-state index in [4.69, 9.17) is 0 Å². The van der Waals surface area contributed by atoms with Crippen LogP contribution in [-0.4, -0.2) is 61.5 Å². The standard InChI is InChI=1S/C11H10F11NO2/c1-25-4-2-3-23-5(24)6(12)7(13,14)9(17,18)11(21,22)10(19,20)8(6,15)16/h2-4H2,1H3,(H,23,24). The quantitative estimate of drug-likeness (QED) is 0.572. The van der Waals surface area contributed by atoms with Crippen molar-refractivity contribution in [3.8, 4) is 0 Å². The van der Waals surface area contributed by atoms with Crippen LogP contribution in [0.5, 0.6) is 0 Å². The number of nitrogens with one attached hydrogen (secondary N) is 1. The third-order valence-electron chi connectivity index (χ3n) is 3.57. The predicted octanol–water partition coefficient (Wildman–Crippen LogP) is 3.04. The fourth-order valence-electron chi connectivity index (χ4n) is 2.05. The van der Waals surface area contributed by atoms with Crippen LogP contribution in [0.1, 0.15) is 6.42 Å². The van der Waals surface area contributed by atoms with Crippen LogP contribution in [0.25, 0.3) is 0 Å². The van der Waals surface area contributed by atoms with E-state index in [-0.39, 0.29) is 13.0 Å². The first-order valence-electron chi connectivity index (χ1n) is 6.33. The first kappa shape index (κ1) is 21.7. The second-order valence-electron chi connectivity index (χ2n) is 5.13. The molecule has 0 spiro atoms. The first-order valence-corrected chi connectivity index (χ1v) is 6.33. The molecule has 0 aromatic heterocycles. The Hall–Kier alpha value is -1.34. The van der Waals surface area contributed by atoms with Crippen molar-refractivity contribution in [1.29, 1.82) is 0 Å². The number of ether oxygens (including phenoxy) is 1. The number of alkyl halides is 11. The number of hydrogen-bond donors (Lipinski definition) is 1. The fourth-order valence-corrected chi connectivity index (χ4v) is 2.05. The molecule has 0 aromatic rings. The molecule has 0 heterocycles. The molecular weight excluding hydrogens is 387 g/mol. The number of amides is 1. The molecule has 1 amide bonds. The Labute approximate surface area is 132 Å². The number of methoxy groups -OCH3 is 1. The molecule has 14 heteroatoms. The molecule has 0 atom stereocenters. The van der Waals surface area contributed by atoms with Gasteiger partial charge in [0, 0.05) is 20.3 Å². The Kier molecular flexibility index (Phi) is 5.07. The van der Waals surface area contributed by atoms with Crippen LogP contribution in [0.2, 0.25) is 0 Å². The summed E-state index contributed by atoms with van der Waals surface area (Å²) < 4.78 is 151. The van der Waals surface area contributed by atoms with Gasteiger partial charge in [-0.3, -0.25) is 4.79 Å². The van der Waals surface area contributed by atoms with E-state index in [2.05, 4.69) is 4.74 Å². The summed E-state index contributed by atoms with van der Waals surface area (Å²) in [5, 5.41) is 0.976. The van der Waals surface area contributed by atoms with Gasteiger partial charge in [0.1, 0.15) is 0 Å². The van der Waals surface area contributed by atoms with Gasteiger partial charge < -0.3 is 10.1 Å². The summed E-state index contributed by atoms with van der Waals surface area (Å²) in [7, 11) is 1.10. The van der Waals surface area contributed by atoms with Gasteiger partial charge in [0.25, 0.3) is 5.91 Å². The summed E-state index contributed by atoms with van der Waals surface area (Å²) in [6.07, 6.45) is -0.335. The molecule has 0 aromatic carbocycles. The maximum absolute atomic E-state index is 14.1. The van der Waals surface area contributed by atoms with Crippen LogP contribution in [0.15, 0.2) is 0 Å². The van der Waals surface area contributed by atoms with Gasteiger partial charge in [-0.1, -0.05) is 0 Å². The van der Waals surface area contributed by atoms with Gasteiger partial charge in [0.15, 0.2) is 0 Å². The maximum atomic E-state index is 14.1. The summed E-state index contributed by atoms with van der Waals surface area (Å²) in [6.45, 7) is -1.16. The largest absolute Gasteiger partial charge is 0.385 e. The Morgan fingerprint density at radius 1 is 0.760 bits per heavy atom. The number of carbonyl (C=O) groups excluding carboxylic acids is 1. The molecule has 1 aliphatic rings. The Bertz CT molecular complexity index is 504. The molecular formula is C11H10F11NO2. The van der Waals surface area contributed by atoms with Crippen molar-refractivity contribution in [3.05, 3.63) is 0 Å². The summed E-state index contributed by atoms with van der Waals surface area (Å²) >= 11 is 0. The van der Waals surface area contributed by atoms with Crippen LogP contribution in [-0.2, 0) is 9.53 Å². The van der Waals surface area contributed by atoms with Crippen LogP contribution >= 0.6 is 0 Å². The van der Waals surface area contributed by atoms with Crippen LogP contribution < -0.4 is 5.32 Å². The number of hydrogen-bond acceptors (Lipinski definition) is 2. The average molecular weight is 397 g/mol. The smallest absolute Gasteiger partial charge is 0.384 e. The molecule has 1 rings (SSSR count). The minimum atomic E-state index is -7.33. The van der Waals surface area contributed by atoms with Gasteiger partial charge in [-0.2, -0.15) is 43.9 Å². The Morgan fingerprint density at radius 2 is 1.12 bits per heavy atom. The lowest BCUT2D eigenvalue weighted by atomic mass is 9.71. The molecule has 148 valence electrons. The van der Waals surface area contributed by atoms with Crippen molar-refractivity contribution >= 4 is 5.91 Å². The Balaban J connectivity index is 3.48. The van der Waals surface area contributed by atoms with E-state index in [1.54, 1.807) is 0 Å². The van der Waals surface area contributed by atoms with E-state index < -0.39 is 47.7 Å². The zero-order chi connectivity index (χ0) is 20.1. The van der Waals surface area contributed by atoms with Crippen molar-refractivity contribution in [2.75, 3.05) is 20.3 Å². The SMILES string of the molecule is COCCCNC(=O)C1(F)C(F)(F)C(F)(F)C(F)(F)C(F)(F)C1(F)F. The molecule has 0 radical (unpaired) electrons. The third kappa shape index (κ3) is 2.31. The fraction of sp³-hybridized carbons (Fsp3) is 0.909. The predicted molar refractivity (Wildman–Crippen MR) is 58.1 cm³/mol. The number of halogens is 11. The van der Waals surface area contributed by atoms with E-state index in [0.717, 1.165) is 12.4 Å². The molecule has 0 aliphatic heterocycles. The lowest BCUT2D eigenvalue weighted by Gasteiger charge is -2.51. The van der Waals surface area contributed by atoms with Gasteiger partial charge in [-0.05, 0) is 6.42 Å². The van der Waals surface area contributed by atoms with Crippen LogP contribution in [0, 0.1) is 0 Å². The molecule has 0 unspecified atom stereocenters. The van der Waals surface area contributed by atoms with Crippen molar-refractivity contribution in [2.45, 2.75) is 41.7 Å². The normalized spacial score (nSPS) is 27.5. The highest BCUT2D eigenvalue weighted by atomic mass is 19.4. The summed E-state index contributed by atoms with van der Waals surface area (Å²) in [5.41, 5.74) is -6.64. The molecule has 1 aliphatic carbocycles. The van der Waals surface area contributed by atoms with Gasteiger partial charge in [0.2, 0.25) is 0 Å². The van der Waals surface area contributed by atoms with Crippen molar-refractivity contribution in [1.82, 2.24) is 5.32 Å². The second kappa shape index (κ2) is 5.84. The van der Waals surface area contributed by atoms with Crippen molar-refractivity contribution in [2.24, 2.45) is 0 Å². The third-order valence-corrected chi connectivity index (χ3v) is 3.57. The minimum absolute atomic E-state index is 0.239. The lowest BCUT2D eigenvalue weighted by molar-refractivity contribution is -0.476. The molecule has 3 nitrogen and oxygen atoms in total. The van der Waals surface area contributed by atoms with Gasteiger partial charge in [-0.15, -0.1) is 0 Å². The van der Waals surface area contributed by atoms with Crippen LogP contribution in [0.4, 0.5) is 48.3 Å². The van der Waals surface area contributed by atoms with E-state index in [0.29, 0.717) is 0 Å². The highest BCUT2D eigenvalue weighted by molar-refractivity contribution is 5.88. The average Bonchev–Trinajstić information content (AvgIpc) is 2.48. The van der Waals surface area contributed by atoms with E-state index >= 15 is 0 Å². The molecule has 1 saturated carbocycles. The molecule has 25 heavy (non-hydrogen) atoms. The summed E-state index contributed by atoms with van der Waals surface area (Å²) in [4.78, 5) is 11.3. The zero-order valence-electron chi connectivity index (χ0n) is 12.1. The zero-order valence-corrected chi connectivity index (χ0v) is 12.1. The maximum Gasteiger partial charge on any atom is 0.384 e. The molecule has 1 N–H and O–H groups in total. The summed E-state index contributed by atoms with van der Waals surface area (Å²) in [6, 6.07) is 0. The van der Waals surface area contributed by atoms with Gasteiger partial charge in [0.05, 0.1) is 0 Å². The van der Waals surface area contributed by atoms with E-state index in [1.165, 1.54) is 0 Å². The van der Waals surface area contributed by atoms with Crippen molar-refractivity contribution < 1.29 is 57.8 Å².